The van der Waals surface area contributed by atoms with Gasteiger partial charge in [0, 0.05) is 6.42 Å². The van der Waals surface area contributed by atoms with Gasteiger partial charge in [-0.05, 0) is 25.7 Å². The maximum Gasteiger partial charge on any atom is 0.314 e. The maximum absolute atomic E-state index is 11.8. The number of hydrogen-bond donors (Lipinski definition) is 0. The molecule has 2 saturated carbocycles. The van der Waals surface area contributed by atoms with Crippen molar-refractivity contribution in [2.45, 2.75) is 62.9 Å². The van der Waals surface area contributed by atoms with Crippen LogP contribution in [-0.4, -0.2) is 31.1 Å². The molecule has 3 rings (SSSR count). The van der Waals surface area contributed by atoms with Crippen LogP contribution in [0.2, 0.25) is 0 Å². The Morgan fingerprint density at radius 3 is 2.35 bits per heavy atom. The van der Waals surface area contributed by atoms with Gasteiger partial charge >= 0.3 is 5.97 Å². The third-order valence-corrected chi connectivity index (χ3v) is 4.38. The van der Waals surface area contributed by atoms with Crippen LogP contribution in [0.25, 0.3) is 0 Å². The molecule has 0 amide bonds. The van der Waals surface area contributed by atoms with Gasteiger partial charge in [0.2, 0.25) is 0 Å². The van der Waals surface area contributed by atoms with E-state index in [9.17, 15) is 4.79 Å². The minimum atomic E-state index is -0.660. The van der Waals surface area contributed by atoms with Crippen LogP contribution in [0.1, 0.15) is 44.9 Å². The predicted octanol–water partition coefficient (Wildman–Crippen LogP) is 2.01. The minimum Gasteiger partial charge on any atom is -0.469 e. The fourth-order valence-corrected chi connectivity index (χ4v) is 3.54. The summed E-state index contributed by atoms with van der Waals surface area (Å²) in [6.45, 7) is 0. The van der Waals surface area contributed by atoms with Gasteiger partial charge in [-0.25, -0.2) is 0 Å². The molecule has 0 aromatic heterocycles. The quantitative estimate of drug-likeness (QED) is 0.658. The van der Waals surface area contributed by atoms with Crippen LogP contribution in [0, 0.1) is 5.92 Å². The SMILES string of the molecule is COC(=O)C1CCCC12O[C@H]1CCCC[C@@H]1O2. The Balaban J connectivity index is 1.79. The summed E-state index contributed by atoms with van der Waals surface area (Å²) in [6, 6.07) is 0. The number of carbonyl (C=O) groups is 1. The van der Waals surface area contributed by atoms with Crippen LogP contribution in [0.3, 0.4) is 0 Å². The molecule has 0 bridgehead atoms. The molecule has 3 aliphatic rings. The summed E-state index contributed by atoms with van der Waals surface area (Å²) in [5, 5.41) is 0. The average Bonchev–Trinajstić information content (AvgIpc) is 2.92. The molecule has 0 aromatic carbocycles. The number of esters is 1. The summed E-state index contributed by atoms with van der Waals surface area (Å²) in [4.78, 5) is 11.8. The smallest absolute Gasteiger partial charge is 0.314 e. The van der Waals surface area contributed by atoms with Gasteiger partial charge in [0.15, 0.2) is 5.79 Å². The van der Waals surface area contributed by atoms with E-state index in [4.69, 9.17) is 14.2 Å². The first kappa shape index (κ1) is 11.5. The Morgan fingerprint density at radius 2 is 1.76 bits per heavy atom. The molecular formula is C13H20O4. The summed E-state index contributed by atoms with van der Waals surface area (Å²) >= 11 is 0. The standard InChI is InChI=1S/C13H20O4/c1-15-12(14)9-5-4-8-13(9)16-10-6-2-3-7-11(10)17-13/h9-11H,2-8H2,1H3/t9?,10-,11-/m0/s1. The van der Waals surface area contributed by atoms with E-state index in [-0.39, 0.29) is 24.1 Å². The lowest BCUT2D eigenvalue weighted by atomic mass is 9.95. The van der Waals surface area contributed by atoms with Gasteiger partial charge < -0.3 is 14.2 Å². The first-order valence-corrected chi connectivity index (χ1v) is 6.69. The predicted molar refractivity (Wildman–Crippen MR) is 60.3 cm³/mol. The summed E-state index contributed by atoms with van der Waals surface area (Å²) < 4.78 is 17.1. The van der Waals surface area contributed by atoms with E-state index >= 15 is 0 Å². The highest BCUT2D eigenvalue weighted by Crippen LogP contribution is 2.49. The number of hydrogen-bond acceptors (Lipinski definition) is 4. The first-order chi connectivity index (χ1) is 8.25. The molecule has 96 valence electrons. The zero-order valence-electron chi connectivity index (χ0n) is 10.3. The van der Waals surface area contributed by atoms with Crippen LogP contribution in [0.4, 0.5) is 0 Å². The summed E-state index contributed by atoms with van der Waals surface area (Å²) in [6.07, 6.45) is 7.61. The molecule has 1 aliphatic heterocycles. The molecule has 1 saturated heterocycles. The Hall–Kier alpha value is -0.610. The molecule has 1 spiro atoms. The molecule has 17 heavy (non-hydrogen) atoms. The average molecular weight is 240 g/mol. The van der Waals surface area contributed by atoms with Gasteiger partial charge in [-0.1, -0.05) is 12.8 Å². The molecular weight excluding hydrogens is 220 g/mol. The van der Waals surface area contributed by atoms with Crippen molar-refractivity contribution in [3.05, 3.63) is 0 Å². The van der Waals surface area contributed by atoms with Crippen LogP contribution >= 0.6 is 0 Å². The van der Waals surface area contributed by atoms with E-state index in [1.54, 1.807) is 0 Å². The van der Waals surface area contributed by atoms with Crippen LogP contribution in [0.15, 0.2) is 0 Å². The van der Waals surface area contributed by atoms with Crippen molar-refractivity contribution >= 4 is 5.97 Å². The summed E-state index contributed by atoms with van der Waals surface area (Å²) in [5.74, 6) is -1.06. The number of methoxy groups -OCH3 is 1. The van der Waals surface area contributed by atoms with Gasteiger partial charge in [-0.15, -0.1) is 0 Å². The maximum atomic E-state index is 11.8. The largest absolute Gasteiger partial charge is 0.469 e. The number of carbonyl (C=O) groups excluding carboxylic acids is 1. The lowest BCUT2D eigenvalue weighted by Gasteiger charge is -2.28. The second-order valence-electron chi connectivity index (χ2n) is 5.38. The van der Waals surface area contributed by atoms with Crippen LogP contribution in [-0.2, 0) is 19.0 Å². The van der Waals surface area contributed by atoms with E-state index in [1.807, 2.05) is 0 Å². The molecule has 3 atom stereocenters. The summed E-state index contributed by atoms with van der Waals surface area (Å²) in [7, 11) is 1.44. The highest BCUT2D eigenvalue weighted by molar-refractivity contribution is 5.74. The fourth-order valence-electron chi connectivity index (χ4n) is 3.54. The van der Waals surface area contributed by atoms with Crippen molar-refractivity contribution in [1.82, 2.24) is 0 Å². The van der Waals surface area contributed by atoms with Crippen LogP contribution < -0.4 is 0 Å². The molecule has 1 unspecified atom stereocenters. The second kappa shape index (κ2) is 4.25. The van der Waals surface area contributed by atoms with Gasteiger partial charge in [0.05, 0.1) is 19.3 Å². The van der Waals surface area contributed by atoms with E-state index in [1.165, 1.54) is 20.0 Å². The molecule has 4 heteroatoms. The van der Waals surface area contributed by atoms with E-state index in [0.29, 0.717) is 0 Å². The zero-order valence-corrected chi connectivity index (χ0v) is 10.3. The van der Waals surface area contributed by atoms with E-state index in [2.05, 4.69) is 0 Å². The lowest BCUT2D eigenvalue weighted by Crippen LogP contribution is -2.40. The third-order valence-electron chi connectivity index (χ3n) is 4.38. The topological polar surface area (TPSA) is 44.8 Å². The van der Waals surface area contributed by atoms with E-state index in [0.717, 1.165) is 32.1 Å². The third kappa shape index (κ3) is 1.78. The molecule has 4 nitrogen and oxygen atoms in total. The summed E-state index contributed by atoms with van der Waals surface area (Å²) in [5.41, 5.74) is 0. The van der Waals surface area contributed by atoms with Crippen LogP contribution in [0.5, 0.6) is 0 Å². The number of ether oxygens (including phenoxy) is 3. The van der Waals surface area contributed by atoms with Crippen molar-refractivity contribution in [3.8, 4) is 0 Å². The molecule has 0 aromatic rings. The van der Waals surface area contributed by atoms with Gasteiger partial charge in [-0.3, -0.25) is 4.79 Å². The van der Waals surface area contributed by atoms with Gasteiger partial charge in [0.25, 0.3) is 0 Å². The zero-order chi connectivity index (χ0) is 11.9. The van der Waals surface area contributed by atoms with Crippen molar-refractivity contribution in [3.63, 3.8) is 0 Å². The Morgan fingerprint density at radius 1 is 1.12 bits per heavy atom. The molecule has 0 radical (unpaired) electrons. The first-order valence-electron chi connectivity index (χ1n) is 6.69. The van der Waals surface area contributed by atoms with E-state index < -0.39 is 5.79 Å². The van der Waals surface area contributed by atoms with Crippen molar-refractivity contribution < 1.29 is 19.0 Å². The molecule has 0 N–H and O–H groups in total. The fraction of sp³-hybridized carbons (Fsp3) is 0.923. The highest BCUT2D eigenvalue weighted by Gasteiger charge is 2.57. The normalized spacial score (nSPS) is 39.2. The minimum absolute atomic E-state index is 0.179. The molecule has 1 heterocycles. The van der Waals surface area contributed by atoms with Crippen molar-refractivity contribution in [1.29, 1.82) is 0 Å². The second-order valence-corrected chi connectivity index (χ2v) is 5.38. The highest BCUT2D eigenvalue weighted by atomic mass is 16.8. The Kier molecular flexibility index (Phi) is 2.87. The molecule has 3 fully saturated rings. The monoisotopic (exact) mass is 240 g/mol. The Bertz CT molecular complexity index is 301. The van der Waals surface area contributed by atoms with Crippen molar-refractivity contribution in [2.24, 2.45) is 5.92 Å². The lowest BCUT2D eigenvalue weighted by molar-refractivity contribution is -0.208. The van der Waals surface area contributed by atoms with Crippen molar-refractivity contribution in [2.75, 3.05) is 7.11 Å². The van der Waals surface area contributed by atoms with Gasteiger partial charge in [-0.2, -0.15) is 0 Å². The number of rotatable bonds is 1. The number of fused-ring (bicyclic) bond motifs is 1. The Labute approximate surface area is 102 Å². The molecule has 2 aliphatic carbocycles. The van der Waals surface area contributed by atoms with Gasteiger partial charge in [0.1, 0.15) is 5.92 Å².